The Bertz CT molecular complexity index is 17.2. The van der Waals surface area contributed by atoms with Crippen molar-refractivity contribution in [3.8, 4) is 0 Å². The first kappa shape index (κ1) is 44.5. The van der Waals surface area contributed by atoms with Crippen LogP contribution in [-0.4, -0.2) is 56.6 Å². The molecule has 45 valence electrons. The predicted octanol–water partition coefficient (Wildman–Crippen LogP) is -2.19. The summed E-state index contributed by atoms with van der Waals surface area (Å²) < 4.78 is 15.9. The van der Waals surface area contributed by atoms with Gasteiger partial charge in [-0.05, 0) is 0 Å². The van der Waals surface area contributed by atoms with Gasteiger partial charge in [0.2, 0.25) is 0 Å². The van der Waals surface area contributed by atoms with Crippen molar-refractivity contribution in [2.45, 2.75) is 0 Å². The van der Waals surface area contributed by atoms with Crippen molar-refractivity contribution in [1.82, 2.24) is 0 Å². The minimum absolute atomic E-state index is 0. The fraction of sp³-hybridized carbons (Fsp3) is 0. The third-order valence-corrected chi connectivity index (χ3v) is 0. The van der Waals surface area contributed by atoms with Crippen molar-refractivity contribution < 1.29 is 55.6 Å². The Morgan fingerprint density at radius 2 is 0.875 bits per heavy atom. The van der Waals surface area contributed by atoms with Crippen LogP contribution in [0.5, 0.6) is 0 Å². The van der Waals surface area contributed by atoms with Crippen LogP contribution in [0.3, 0.4) is 0 Å². The van der Waals surface area contributed by atoms with Crippen molar-refractivity contribution >= 4 is 56.6 Å². The van der Waals surface area contributed by atoms with Crippen LogP contribution >= 0.6 is 0 Å². The molecule has 0 amide bonds. The predicted molar refractivity (Wildman–Crippen MR) is 22.8 cm³/mol. The monoisotopic (exact) mass is 227 g/mol. The van der Waals surface area contributed by atoms with Crippen LogP contribution in [0.15, 0.2) is 0 Å². The minimum atomic E-state index is 0. The first-order valence-corrected chi connectivity index (χ1v) is 1.17. The fourth-order valence-electron chi connectivity index (χ4n) is 0. The first-order chi connectivity index (χ1) is 2.00. The van der Waals surface area contributed by atoms with E-state index in [1.165, 1.54) is 0 Å². The zero-order valence-corrected chi connectivity index (χ0v) is 4.98. The zero-order valence-electron chi connectivity index (χ0n) is 1.83. The summed E-state index contributed by atoms with van der Waals surface area (Å²) in [6, 6.07) is 0. The molecule has 0 aromatic carbocycles. The van der Waals surface area contributed by atoms with E-state index < -0.39 is 0 Å². The molecule has 8 heteroatoms. The molecule has 0 saturated heterocycles. The Hall–Kier alpha value is 2.90. The Labute approximate surface area is 110 Å². The molecule has 0 aliphatic heterocycles. The normalized spacial score (nSPS) is 1.25. The van der Waals surface area contributed by atoms with Gasteiger partial charge in [0, 0.05) is 16.5 Å². The molecule has 0 bridgehead atoms. The Morgan fingerprint density at radius 1 is 0.875 bits per heavy atom. The molecule has 0 radical (unpaired) electrons. The quantitative estimate of drug-likeness (QED) is 0.441. The second-order valence-electron chi connectivity index (χ2n) is 0. The average molecular weight is 228 g/mol. The number of hydrogen-bond acceptors (Lipinski definition) is 2. The Kier molecular flexibility index (Phi) is 519. The molecule has 8 heavy (non-hydrogen) atoms. The molecule has 0 aromatic heterocycles. The van der Waals surface area contributed by atoms with E-state index in [1.54, 1.807) is 15.9 Å². The molecule has 0 saturated carbocycles. The van der Waals surface area contributed by atoms with Gasteiger partial charge in [-0.1, -0.05) is 0 Å². The summed E-state index contributed by atoms with van der Waals surface area (Å²) in [4.78, 5) is 0. The molecular formula is H3Li3MnNi2O2. The van der Waals surface area contributed by atoms with Gasteiger partial charge in [0.05, 0.1) is 0 Å². The van der Waals surface area contributed by atoms with E-state index >= 15 is 0 Å². The fourth-order valence-corrected chi connectivity index (χ4v) is 0. The molecule has 0 aliphatic carbocycles. The van der Waals surface area contributed by atoms with Gasteiger partial charge in [0.15, 0.2) is 0 Å². The summed E-state index contributed by atoms with van der Waals surface area (Å²) in [5.74, 6) is 0. The standard InChI is InChI=1S/3Li.Mn.2Ni.2O.3H. The van der Waals surface area contributed by atoms with Crippen LogP contribution in [-0.2, 0) is 55.6 Å². The molecule has 0 fully saturated rings. The van der Waals surface area contributed by atoms with Gasteiger partial charge < -0.3 is 0 Å². The summed E-state index contributed by atoms with van der Waals surface area (Å²) in [6.07, 6.45) is 0. The van der Waals surface area contributed by atoms with Crippen LogP contribution in [0, 0.1) is 0 Å². The van der Waals surface area contributed by atoms with E-state index in [2.05, 4.69) is 15.4 Å². The van der Waals surface area contributed by atoms with Crippen molar-refractivity contribution in [1.29, 1.82) is 0 Å². The molecule has 0 atom stereocenters. The van der Waals surface area contributed by atoms with Gasteiger partial charge in [-0.2, -0.15) is 0 Å². The van der Waals surface area contributed by atoms with Gasteiger partial charge >= 0.3 is 95.7 Å². The van der Waals surface area contributed by atoms with Crippen LogP contribution in [0.25, 0.3) is 0 Å². The summed E-state index contributed by atoms with van der Waals surface area (Å²) in [5.41, 5.74) is 0. The van der Waals surface area contributed by atoms with Gasteiger partial charge in [-0.25, -0.2) is 0 Å². The van der Waals surface area contributed by atoms with Crippen LogP contribution in [0.4, 0.5) is 0 Å². The van der Waals surface area contributed by atoms with Crippen molar-refractivity contribution in [2.75, 3.05) is 0 Å². The Morgan fingerprint density at radius 3 is 0.875 bits per heavy atom. The third-order valence-electron chi connectivity index (χ3n) is 0. The van der Waals surface area contributed by atoms with Crippen LogP contribution < -0.4 is 0 Å². The molecule has 0 aromatic rings. The molecule has 0 aliphatic rings. The van der Waals surface area contributed by atoms with E-state index in [9.17, 15) is 0 Å². The molecule has 0 rings (SSSR count). The molecule has 0 heterocycles. The molecule has 2 nitrogen and oxygen atoms in total. The first-order valence-electron chi connectivity index (χ1n) is 0.283. The van der Waals surface area contributed by atoms with Crippen molar-refractivity contribution in [3.05, 3.63) is 0 Å². The van der Waals surface area contributed by atoms with E-state index in [1.807, 2.05) is 0 Å². The van der Waals surface area contributed by atoms with Gasteiger partial charge in [-0.15, -0.1) is 0 Å². The summed E-state index contributed by atoms with van der Waals surface area (Å²) in [6.45, 7) is 0. The summed E-state index contributed by atoms with van der Waals surface area (Å²) >= 11 is 4.31. The molecule has 0 N–H and O–H groups in total. The van der Waals surface area contributed by atoms with Gasteiger partial charge in [0.1, 0.15) is 0 Å². The van der Waals surface area contributed by atoms with Gasteiger partial charge in [0.25, 0.3) is 0 Å². The molecule has 0 spiro atoms. The Balaban J connectivity index is -0.00000000167. The van der Waals surface area contributed by atoms with E-state index in [4.69, 9.17) is 7.73 Å². The van der Waals surface area contributed by atoms with Crippen LogP contribution in [0.2, 0.25) is 0 Å². The maximum absolute atomic E-state index is 8.06. The van der Waals surface area contributed by atoms with Crippen molar-refractivity contribution in [2.24, 2.45) is 0 Å². The second kappa shape index (κ2) is 93.3. The topological polar surface area (TPSA) is 34.1 Å². The van der Waals surface area contributed by atoms with E-state index in [-0.39, 0.29) is 73.1 Å². The average Bonchev–Trinajstić information content (AvgIpc) is 1.50. The number of rotatable bonds is 0. The summed E-state index contributed by atoms with van der Waals surface area (Å²) in [7, 11) is 0. The zero-order chi connectivity index (χ0) is 4.00. The second-order valence-corrected chi connectivity index (χ2v) is 0. The summed E-state index contributed by atoms with van der Waals surface area (Å²) in [5, 5.41) is 0. The van der Waals surface area contributed by atoms with E-state index in [0.29, 0.717) is 0 Å². The third kappa shape index (κ3) is 66.1. The SMILES string of the molecule is [LiH].[LiH].[LiH].[Ni].[O]=[Mn].[O]=[Ni]. The van der Waals surface area contributed by atoms with Crippen molar-refractivity contribution in [3.63, 3.8) is 0 Å². The maximum atomic E-state index is 8.06. The number of hydrogen-bond donors (Lipinski definition) is 0. The molecule has 0 unspecified atom stereocenters. The van der Waals surface area contributed by atoms with E-state index in [0.717, 1.165) is 0 Å². The van der Waals surface area contributed by atoms with Gasteiger partial charge in [-0.3, -0.25) is 0 Å². The molecular weight excluding hydrogens is 225 g/mol. The van der Waals surface area contributed by atoms with Crippen LogP contribution in [0.1, 0.15) is 0 Å².